The zero-order valence-electron chi connectivity index (χ0n) is 15.2. The standard InChI is InChI=1S/C16H21N5O8/c22-7-9(1-3-12(24)25)18-20-15(28)11-5-6-17-14(11)16(29)21-19-10(8-23)2-4-13(26)27/h6-10,18-19H,1-5H2,(H,20,28)(H,21,29)(H,24,25)(H,26,27)/t9-,10-/m0/s1. The molecule has 0 saturated carbocycles. The van der Waals surface area contributed by atoms with Crippen LogP contribution in [0.2, 0.25) is 0 Å². The van der Waals surface area contributed by atoms with Gasteiger partial charge in [0.2, 0.25) is 0 Å². The minimum absolute atomic E-state index is 0.0205. The molecule has 158 valence electrons. The lowest BCUT2D eigenvalue weighted by Crippen LogP contribution is -2.47. The quantitative estimate of drug-likeness (QED) is 0.135. The highest BCUT2D eigenvalue weighted by atomic mass is 16.4. The Kier molecular flexibility index (Phi) is 9.84. The number of carbonyl (C=O) groups excluding carboxylic acids is 4. The molecule has 0 aliphatic carbocycles. The highest BCUT2D eigenvalue weighted by Crippen LogP contribution is 2.16. The molecule has 13 nitrogen and oxygen atoms in total. The zero-order valence-corrected chi connectivity index (χ0v) is 15.2. The van der Waals surface area contributed by atoms with Crippen molar-refractivity contribution in [3.8, 4) is 0 Å². The number of hydrazine groups is 2. The highest BCUT2D eigenvalue weighted by molar-refractivity contribution is 6.08. The van der Waals surface area contributed by atoms with Gasteiger partial charge in [0.25, 0.3) is 11.8 Å². The normalized spacial score (nSPS) is 14.8. The lowest BCUT2D eigenvalue weighted by Gasteiger charge is -2.15. The Balaban J connectivity index is 2.63. The molecular formula is C16H21N5O8. The van der Waals surface area contributed by atoms with Crippen molar-refractivity contribution < 1.29 is 39.0 Å². The Morgan fingerprint density at radius 3 is 1.86 bits per heavy atom. The van der Waals surface area contributed by atoms with Crippen molar-refractivity contribution in [3.05, 3.63) is 11.3 Å². The predicted octanol–water partition coefficient (Wildman–Crippen LogP) is -2.18. The van der Waals surface area contributed by atoms with Crippen LogP contribution in [0, 0.1) is 0 Å². The summed E-state index contributed by atoms with van der Waals surface area (Å²) >= 11 is 0. The van der Waals surface area contributed by atoms with E-state index < -0.39 is 35.8 Å². The molecule has 0 bridgehead atoms. The molecule has 1 heterocycles. The Bertz CT molecular complexity index is 733. The second kappa shape index (κ2) is 12.1. The first kappa shape index (κ1) is 23.6. The fraction of sp³-hybridized carbons (Fsp3) is 0.438. The van der Waals surface area contributed by atoms with Gasteiger partial charge in [0, 0.05) is 25.5 Å². The topological polar surface area (TPSA) is 203 Å². The SMILES string of the molecule is O=C[C@H](CCC(=O)O)NNC(=O)C1=C(C(=O)NN[C@H](C=O)CCC(=O)O)N=CC1. The summed E-state index contributed by atoms with van der Waals surface area (Å²) in [6, 6.07) is -1.87. The molecule has 0 spiro atoms. The molecule has 0 unspecified atom stereocenters. The van der Waals surface area contributed by atoms with Crippen LogP contribution in [-0.2, 0) is 28.8 Å². The molecule has 1 aliphatic heterocycles. The third-order valence-corrected chi connectivity index (χ3v) is 3.70. The lowest BCUT2D eigenvalue weighted by molar-refractivity contribution is -0.138. The first-order chi connectivity index (χ1) is 13.8. The number of rotatable bonds is 14. The third kappa shape index (κ3) is 8.40. The van der Waals surface area contributed by atoms with E-state index in [0.717, 1.165) is 0 Å². The number of nitrogens with zero attached hydrogens (tertiary/aromatic N) is 1. The van der Waals surface area contributed by atoms with E-state index in [0.29, 0.717) is 12.6 Å². The van der Waals surface area contributed by atoms with Gasteiger partial charge in [-0.25, -0.2) is 10.9 Å². The number of carbonyl (C=O) groups is 6. The monoisotopic (exact) mass is 411 g/mol. The van der Waals surface area contributed by atoms with Crippen LogP contribution in [0.25, 0.3) is 0 Å². The molecule has 0 radical (unpaired) electrons. The second-order valence-electron chi connectivity index (χ2n) is 5.89. The van der Waals surface area contributed by atoms with Crippen molar-refractivity contribution in [1.29, 1.82) is 0 Å². The minimum Gasteiger partial charge on any atom is -0.481 e. The molecule has 0 aromatic heterocycles. The van der Waals surface area contributed by atoms with E-state index in [1.807, 2.05) is 0 Å². The summed E-state index contributed by atoms with van der Waals surface area (Å²) in [7, 11) is 0. The number of carboxylic acid groups (broad SMARTS) is 2. The molecule has 1 rings (SSSR count). The Labute approximate surface area is 164 Å². The number of aliphatic imine (C=N–C) groups is 1. The van der Waals surface area contributed by atoms with Gasteiger partial charge >= 0.3 is 11.9 Å². The van der Waals surface area contributed by atoms with Crippen molar-refractivity contribution >= 4 is 42.5 Å². The lowest BCUT2D eigenvalue weighted by atomic mass is 10.1. The van der Waals surface area contributed by atoms with Crippen LogP contribution in [-0.4, -0.2) is 64.8 Å². The molecule has 0 aromatic rings. The van der Waals surface area contributed by atoms with Gasteiger partial charge in [-0.3, -0.25) is 35.0 Å². The van der Waals surface area contributed by atoms with Crippen molar-refractivity contribution in [2.24, 2.45) is 4.99 Å². The van der Waals surface area contributed by atoms with E-state index in [4.69, 9.17) is 10.2 Å². The number of carboxylic acids is 2. The van der Waals surface area contributed by atoms with Crippen LogP contribution >= 0.6 is 0 Å². The van der Waals surface area contributed by atoms with Gasteiger partial charge in [-0.2, -0.15) is 0 Å². The van der Waals surface area contributed by atoms with E-state index in [-0.39, 0.29) is 43.4 Å². The average Bonchev–Trinajstić information content (AvgIpc) is 3.17. The number of amides is 2. The van der Waals surface area contributed by atoms with Gasteiger partial charge in [-0.05, 0) is 12.8 Å². The number of nitrogens with one attached hydrogen (secondary N) is 4. The van der Waals surface area contributed by atoms with Crippen LogP contribution in [0.4, 0.5) is 0 Å². The maximum Gasteiger partial charge on any atom is 0.303 e. The Morgan fingerprint density at radius 2 is 1.41 bits per heavy atom. The number of aldehydes is 2. The fourth-order valence-corrected chi connectivity index (χ4v) is 2.16. The molecule has 0 aromatic carbocycles. The third-order valence-electron chi connectivity index (χ3n) is 3.70. The molecular weight excluding hydrogens is 390 g/mol. The van der Waals surface area contributed by atoms with Crippen molar-refractivity contribution in [2.75, 3.05) is 0 Å². The molecule has 2 atom stereocenters. The number of hydrogen-bond donors (Lipinski definition) is 6. The van der Waals surface area contributed by atoms with Crippen LogP contribution in [0.15, 0.2) is 16.3 Å². The summed E-state index contributed by atoms with van der Waals surface area (Å²) in [6.07, 6.45) is 1.56. The van der Waals surface area contributed by atoms with Crippen LogP contribution < -0.4 is 21.7 Å². The number of aliphatic carboxylic acids is 2. The van der Waals surface area contributed by atoms with Crippen molar-refractivity contribution in [3.63, 3.8) is 0 Å². The van der Waals surface area contributed by atoms with Gasteiger partial charge < -0.3 is 19.8 Å². The summed E-state index contributed by atoms with van der Waals surface area (Å²) in [5.74, 6) is -3.76. The molecule has 2 amide bonds. The molecule has 0 saturated heterocycles. The summed E-state index contributed by atoms with van der Waals surface area (Å²) < 4.78 is 0. The van der Waals surface area contributed by atoms with Crippen molar-refractivity contribution in [2.45, 2.75) is 44.2 Å². The highest BCUT2D eigenvalue weighted by Gasteiger charge is 2.24. The van der Waals surface area contributed by atoms with E-state index in [1.54, 1.807) is 0 Å². The fourth-order valence-electron chi connectivity index (χ4n) is 2.16. The first-order valence-corrected chi connectivity index (χ1v) is 8.50. The Morgan fingerprint density at radius 1 is 0.931 bits per heavy atom. The molecule has 0 fully saturated rings. The maximum absolute atomic E-state index is 12.2. The molecule has 29 heavy (non-hydrogen) atoms. The minimum atomic E-state index is -1.10. The van der Waals surface area contributed by atoms with E-state index >= 15 is 0 Å². The van der Waals surface area contributed by atoms with Gasteiger partial charge in [0.1, 0.15) is 18.3 Å². The zero-order chi connectivity index (χ0) is 21.8. The Hall–Kier alpha value is -3.45. The van der Waals surface area contributed by atoms with Gasteiger partial charge in [0.05, 0.1) is 17.7 Å². The first-order valence-electron chi connectivity index (χ1n) is 8.50. The van der Waals surface area contributed by atoms with Gasteiger partial charge in [-0.1, -0.05) is 0 Å². The predicted molar refractivity (Wildman–Crippen MR) is 96.1 cm³/mol. The summed E-state index contributed by atoms with van der Waals surface area (Å²) in [5, 5.41) is 17.2. The largest absolute Gasteiger partial charge is 0.481 e. The number of hydrogen-bond acceptors (Lipinski definition) is 9. The van der Waals surface area contributed by atoms with E-state index in [2.05, 4.69) is 26.7 Å². The summed E-state index contributed by atoms with van der Waals surface area (Å²) in [5.41, 5.74) is 8.89. The van der Waals surface area contributed by atoms with Crippen molar-refractivity contribution in [1.82, 2.24) is 21.7 Å². The van der Waals surface area contributed by atoms with Crippen LogP contribution in [0.3, 0.4) is 0 Å². The second-order valence-corrected chi connectivity index (χ2v) is 5.89. The summed E-state index contributed by atoms with van der Waals surface area (Å²) in [6.45, 7) is 0. The maximum atomic E-state index is 12.2. The van der Waals surface area contributed by atoms with Gasteiger partial charge in [-0.15, -0.1) is 0 Å². The molecule has 1 aliphatic rings. The molecule has 6 N–H and O–H groups in total. The van der Waals surface area contributed by atoms with E-state index in [9.17, 15) is 28.8 Å². The van der Waals surface area contributed by atoms with Crippen LogP contribution in [0.5, 0.6) is 0 Å². The summed E-state index contributed by atoms with van der Waals surface area (Å²) in [4.78, 5) is 71.1. The van der Waals surface area contributed by atoms with Gasteiger partial charge in [0.15, 0.2) is 0 Å². The average molecular weight is 411 g/mol. The smallest absolute Gasteiger partial charge is 0.303 e. The molecule has 13 heteroatoms. The van der Waals surface area contributed by atoms with Crippen LogP contribution in [0.1, 0.15) is 32.1 Å². The van der Waals surface area contributed by atoms with E-state index in [1.165, 1.54) is 6.21 Å².